The zero-order valence-corrected chi connectivity index (χ0v) is 7.92. The van der Waals surface area contributed by atoms with Gasteiger partial charge in [-0.15, -0.1) is 0 Å². The summed E-state index contributed by atoms with van der Waals surface area (Å²) in [5.41, 5.74) is 5.32. The van der Waals surface area contributed by atoms with E-state index in [4.69, 9.17) is 10.8 Å². The molecule has 0 aliphatic rings. The average Bonchev–Trinajstić information content (AvgIpc) is 2.03. The van der Waals surface area contributed by atoms with Crippen LogP contribution < -0.4 is 5.73 Å². The van der Waals surface area contributed by atoms with Crippen LogP contribution in [0.2, 0.25) is 0 Å². The van der Waals surface area contributed by atoms with Gasteiger partial charge < -0.3 is 10.8 Å². The van der Waals surface area contributed by atoms with Crippen molar-refractivity contribution in [2.24, 2.45) is 17.6 Å². The van der Waals surface area contributed by atoms with Crippen molar-refractivity contribution in [3.8, 4) is 0 Å². The quantitative estimate of drug-likeness (QED) is 0.639. The molecular weight excluding hydrogens is 154 g/mol. The Hall–Kier alpha value is -0.570. The van der Waals surface area contributed by atoms with Gasteiger partial charge in [0.1, 0.15) is 0 Å². The molecular formula is C9H19NO2. The molecule has 0 aliphatic heterocycles. The molecule has 0 fully saturated rings. The summed E-state index contributed by atoms with van der Waals surface area (Å²) < 4.78 is 0. The van der Waals surface area contributed by atoms with Gasteiger partial charge in [0.2, 0.25) is 0 Å². The molecule has 0 saturated carbocycles. The SMILES string of the molecule is CCC(C)CC(CCN)C(=O)O. The predicted molar refractivity (Wildman–Crippen MR) is 48.9 cm³/mol. The molecule has 0 radical (unpaired) electrons. The van der Waals surface area contributed by atoms with Gasteiger partial charge in [0, 0.05) is 0 Å². The van der Waals surface area contributed by atoms with Gasteiger partial charge >= 0.3 is 5.97 Å². The maximum Gasteiger partial charge on any atom is 0.306 e. The highest BCUT2D eigenvalue weighted by molar-refractivity contribution is 5.69. The topological polar surface area (TPSA) is 63.3 Å². The number of nitrogens with two attached hydrogens (primary N) is 1. The van der Waals surface area contributed by atoms with Crippen LogP contribution in [0.25, 0.3) is 0 Å². The number of rotatable bonds is 6. The van der Waals surface area contributed by atoms with Crippen LogP contribution in [-0.4, -0.2) is 17.6 Å². The van der Waals surface area contributed by atoms with Crippen LogP contribution in [-0.2, 0) is 4.79 Å². The smallest absolute Gasteiger partial charge is 0.306 e. The van der Waals surface area contributed by atoms with Crippen LogP contribution >= 0.6 is 0 Å². The average molecular weight is 173 g/mol. The van der Waals surface area contributed by atoms with Crippen LogP contribution in [0.15, 0.2) is 0 Å². The molecule has 12 heavy (non-hydrogen) atoms. The zero-order chi connectivity index (χ0) is 9.56. The van der Waals surface area contributed by atoms with E-state index in [1.54, 1.807) is 0 Å². The maximum absolute atomic E-state index is 10.7. The molecule has 3 N–H and O–H groups in total. The van der Waals surface area contributed by atoms with Crippen LogP contribution in [0.4, 0.5) is 0 Å². The van der Waals surface area contributed by atoms with Crippen LogP contribution in [0.3, 0.4) is 0 Å². The molecule has 0 rings (SSSR count). The Bertz CT molecular complexity index is 136. The standard InChI is InChI=1S/C9H19NO2/c1-3-7(2)6-8(4-5-10)9(11)12/h7-8H,3-6,10H2,1-2H3,(H,11,12). The number of hydrogen-bond acceptors (Lipinski definition) is 2. The van der Waals surface area contributed by atoms with E-state index < -0.39 is 5.97 Å². The van der Waals surface area contributed by atoms with E-state index in [-0.39, 0.29) is 5.92 Å². The Balaban J connectivity index is 3.86. The largest absolute Gasteiger partial charge is 0.481 e. The van der Waals surface area contributed by atoms with Gasteiger partial charge in [-0.3, -0.25) is 4.79 Å². The summed E-state index contributed by atoms with van der Waals surface area (Å²) in [7, 11) is 0. The third kappa shape index (κ3) is 4.34. The highest BCUT2D eigenvalue weighted by atomic mass is 16.4. The Morgan fingerprint density at radius 1 is 1.58 bits per heavy atom. The first-order chi connectivity index (χ1) is 5.61. The third-order valence-corrected chi connectivity index (χ3v) is 2.25. The van der Waals surface area contributed by atoms with E-state index in [0.29, 0.717) is 18.9 Å². The Kier molecular flexibility index (Phi) is 5.72. The summed E-state index contributed by atoms with van der Waals surface area (Å²) in [4.78, 5) is 10.7. The summed E-state index contributed by atoms with van der Waals surface area (Å²) >= 11 is 0. The van der Waals surface area contributed by atoms with Gasteiger partial charge in [0.15, 0.2) is 0 Å². The van der Waals surface area contributed by atoms with Gasteiger partial charge in [-0.2, -0.15) is 0 Å². The fourth-order valence-corrected chi connectivity index (χ4v) is 1.20. The number of carboxylic acids is 1. The molecule has 3 heteroatoms. The second kappa shape index (κ2) is 6.00. The highest BCUT2D eigenvalue weighted by Crippen LogP contribution is 2.17. The number of aliphatic carboxylic acids is 1. The fourth-order valence-electron chi connectivity index (χ4n) is 1.20. The Labute approximate surface area is 74.0 Å². The molecule has 0 saturated heterocycles. The first kappa shape index (κ1) is 11.4. The summed E-state index contributed by atoms with van der Waals surface area (Å²) in [5, 5.41) is 8.79. The van der Waals surface area contributed by atoms with Crippen LogP contribution in [0.1, 0.15) is 33.1 Å². The molecule has 72 valence electrons. The predicted octanol–water partition coefficient (Wildman–Crippen LogP) is 1.47. The van der Waals surface area contributed by atoms with Gasteiger partial charge in [0.25, 0.3) is 0 Å². The highest BCUT2D eigenvalue weighted by Gasteiger charge is 2.18. The van der Waals surface area contributed by atoms with E-state index in [1.807, 2.05) is 0 Å². The van der Waals surface area contributed by atoms with Gasteiger partial charge in [0.05, 0.1) is 5.92 Å². The number of carbonyl (C=O) groups is 1. The molecule has 0 aromatic heterocycles. The second-order valence-corrected chi connectivity index (χ2v) is 3.36. The minimum absolute atomic E-state index is 0.245. The number of carboxylic acid groups (broad SMARTS) is 1. The van der Waals surface area contributed by atoms with E-state index in [0.717, 1.165) is 12.8 Å². The van der Waals surface area contributed by atoms with E-state index in [2.05, 4.69) is 13.8 Å². The summed E-state index contributed by atoms with van der Waals surface area (Å²) in [6.07, 6.45) is 2.39. The lowest BCUT2D eigenvalue weighted by atomic mass is 9.92. The molecule has 0 aromatic rings. The Morgan fingerprint density at radius 3 is 2.50 bits per heavy atom. The van der Waals surface area contributed by atoms with Gasteiger partial charge in [-0.05, 0) is 25.3 Å². The molecule has 2 atom stereocenters. The van der Waals surface area contributed by atoms with Crippen LogP contribution in [0.5, 0.6) is 0 Å². The van der Waals surface area contributed by atoms with Crippen molar-refractivity contribution < 1.29 is 9.90 Å². The van der Waals surface area contributed by atoms with E-state index in [1.165, 1.54) is 0 Å². The molecule has 2 unspecified atom stereocenters. The lowest BCUT2D eigenvalue weighted by Crippen LogP contribution is -2.20. The minimum atomic E-state index is -0.708. The summed E-state index contributed by atoms with van der Waals surface area (Å²) in [5.74, 6) is -0.469. The fraction of sp³-hybridized carbons (Fsp3) is 0.889. The van der Waals surface area contributed by atoms with Gasteiger partial charge in [-0.1, -0.05) is 20.3 Å². The molecule has 0 aliphatic carbocycles. The van der Waals surface area contributed by atoms with E-state index in [9.17, 15) is 4.79 Å². The summed E-state index contributed by atoms with van der Waals surface area (Å²) in [6, 6.07) is 0. The number of hydrogen-bond donors (Lipinski definition) is 2. The van der Waals surface area contributed by atoms with Crippen LogP contribution in [0, 0.1) is 11.8 Å². The monoisotopic (exact) mass is 173 g/mol. The lowest BCUT2D eigenvalue weighted by Gasteiger charge is -2.14. The molecule has 0 amide bonds. The van der Waals surface area contributed by atoms with Crippen molar-refractivity contribution in [1.82, 2.24) is 0 Å². The van der Waals surface area contributed by atoms with Gasteiger partial charge in [-0.25, -0.2) is 0 Å². The molecule has 3 nitrogen and oxygen atoms in total. The maximum atomic E-state index is 10.7. The molecule has 0 spiro atoms. The molecule has 0 bridgehead atoms. The lowest BCUT2D eigenvalue weighted by molar-refractivity contribution is -0.142. The molecule has 0 aromatic carbocycles. The van der Waals surface area contributed by atoms with E-state index >= 15 is 0 Å². The summed E-state index contributed by atoms with van der Waals surface area (Å²) in [6.45, 7) is 4.62. The third-order valence-electron chi connectivity index (χ3n) is 2.25. The molecule has 0 heterocycles. The van der Waals surface area contributed by atoms with Crippen molar-refractivity contribution in [3.63, 3.8) is 0 Å². The second-order valence-electron chi connectivity index (χ2n) is 3.36. The van der Waals surface area contributed by atoms with Crippen molar-refractivity contribution in [1.29, 1.82) is 0 Å². The zero-order valence-electron chi connectivity index (χ0n) is 7.92. The first-order valence-corrected chi connectivity index (χ1v) is 4.54. The van der Waals surface area contributed by atoms with Crippen molar-refractivity contribution >= 4 is 5.97 Å². The van der Waals surface area contributed by atoms with Crippen molar-refractivity contribution in [2.75, 3.05) is 6.54 Å². The Morgan fingerprint density at radius 2 is 2.17 bits per heavy atom. The first-order valence-electron chi connectivity index (χ1n) is 4.54. The minimum Gasteiger partial charge on any atom is -0.481 e. The normalized spacial score (nSPS) is 15.6. The van der Waals surface area contributed by atoms with Crippen molar-refractivity contribution in [2.45, 2.75) is 33.1 Å². The van der Waals surface area contributed by atoms with Crippen molar-refractivity contribution in [3.05, 3.63) is 0 Å².